The average molecular weight is 581 g/mol. The van der Waals surface area contributed by atoms with Crippen molar-refractivity contribution in [3.8, 4) is 22.9 Å². The summed E-state index contributed by atoms with van der Waals surface area (Å²) in [5, 5.41) is 9.14. The van der Waals surface area contributed by atoms with Crippen LogP contribution in [0, 0.1) is 11.3 Å². The van der Waals surface area contributed by atoms with Gasteiger partial charge in [-0.25, -0.2) is 4.79 Å². The lowest BCUT2D eigenvalue weighted by molar-refractivity contribution is 0.0600. The number of rotatable bonds is 13. The van der Waals surface area contributed by atoms with Crippen LogP contribution in [0.25, 0.3) is 11.1 Å². The third-order valence-corrected chi connectivity index (χ3v) is 7.71. The number of para-hydroxylation sites is 1. The maximum atomic E-state index is 11.9. The van der Waals surface area contributed by atoms with Crippen LogP contribution in [-0.2, 0) is 30.7 Å². The molecule has 5 aromatic carbocycles. The summed E-state index contributed by atoms with van der Waals surface area (Å²) in [6.45, 7) is 2.93. The lowest BCUT2D eigenvalue weighted by atomic mass is 10.0. The first kappa shape index (κ1) is 30.3. The largest absolute Gasteiger partial charge is 0.489 e. The number of benzene rings is 5. The molecule has 44 heavy (non-hydrogen) atoms. The number of hydrogen-bond donors (Lipinski definition) is 0. The van der Waals surface area contributed by atoms with Crippen LogP contribution in [0.15, 0.2) is 127 Å². The molecule has 0 aliphatic carbocycles. The minimum atomic E-state index is -0.335. The van der Waals surface area contributed by atoms with E-state index in [0.29, 0.717) is 17.7 Å². The highest BCUT2D eigenvalue weighted by Gasteiger charge is 2.12. The molecule has 0 atom stereocenters. The highest BCUT2D eigenvalue weighted by Crippen LogP contribution is 2.23. The first-order chi connectivity index (χ1) is 21.6. The molecule has 5 nitrogen and oxygen atoms in total. The molecule has 0 aromatic heterocycles. The fourth-order valence-electron chi connectivity index (χ4n) is 5.14. The van der Waals surface area contributed by atoms with Gasteiger partial charge in [-0.3, -0.25) is 4.90 Å². The number of carbonyl (C=O) groups excluding carboxylic acids is 1. The molecule has 5 heteroatoms. The topological polar surface area (TPSA) is 62.6 Å². The summed E-state index contributed by atoms with van der Waals surface area (Å²) < 4.78 is 11.2. The first-order valence-corrected chi connectivity index (χ1v) is 14.8. The van der Waals surface area contributed by atoms with Crippen molar-refractivity contribution in [3.05, 3.63) is 161 Å². The van der Waals surface area contributed by atoms with Crippen LogP contribution in [0.3, 0.4) is 0 Å². The minimum absolute atomic E-state index is 0.335. The van der Waals surface area contributed by atoms with Gasteiger partial charge in [0.25, 0.3) is 0 Å². The molecule has 0 heterocycles. The number of esters is 1. The van der Waals surface area contributed by atoms with E-state index in [9.17, 15) is 4.79 Å². The van der Waals surface area contributed by atoms with Crippen molar-refractivity contribution in [1.29, 1.82) is 5.26 Å². The second-order valence-corrected chi connectivity index (χ2v) is 10.7. The highest BCUT2D eigenvalue weighted by atomic mass is 16.5. The number of nitriles is 1. The molecule has 0 unspecified atom stereocenters. The molecule has 5 aromatic rings. The van der Waals surface area contributed by atoms with Gasteiger partial charge in [0, 0.05) is 19.6 Å². The molecule has 0 saturated carbocycles. The molecule has 0 bridgehead atoms. The molecule has 5 rings (SSSR count). The Labute approximate surface area is 259 Å². The Bertz CT molecular complexity index is 1670. The molecular weight excluding hydrogens is 544 g/mol. The van der Waals surface area contributed by atoms with E-state index in [-0.39, 0.29) is 5.97 Å². The van der Waals surface area contributed by atoms with Gasteiger partial charge in [-0.15, -0.1) is 0 Å². The van der Waals surface area contributed by atoms with Crippen molar-refractivity contribution in [2.75, 3.05) is 20.2 Å². The van der Waals surface area contributed by atoms with Crippen LogP contribution in [0.4, 0.5) is 0 Å². The van der Waals surface area contributed by atoms with E-state index in [2.05, 4.69) is 71.6 Å². The quantitative estimate of drug-likeness (QED) is 0.133. The van der Waals surface area contributed by atoms with Crippen LogP contribution in [0.5, 0.6) is 5.75 Å². The summed E-state index contributed by atoms with van der Waals surface area (Å²) in [6.07, 6.45) is 1.69. The van der Waals surface area contributed by atoms with Crippen molar-refractivity contribution in [3.63, 3.8) is 0 Å². The fraction of sp³-hybridized carbons (Fsp3) is 0.179. The molecule has 0 radical (unpaired) electrons. The van der Waals surface area contributed by atoms with E-state index >= 15 is 0 Å². The Morgan fingerprint density at radius 3 is 2.00 bits per heavy atom. The molecule has 220 valence electrons. The van der Waals surface area contributed by atoms with Gasteiger partial charge in [0.15, 0.2) is 0 Å². The van der Waals surface area contributed by atoms with Crippen molar-refractivity contribution >= 4 is 5.97 Å². The molecule has 0 amide bonds. The van der Waals surface area contributed by atoms with E-state index in [4.69, 9.17) is 14.7 Å². The van der Waals surface area contributed by atoms with Gasteiger partial charge < -0.3 is 9.47 Å². The summed E-state index contributed by atoms with van der Waals surface area (Å²) in [5.41, 5.74) is 8.21. The summed E-state index contributed by atoms with van der Waals surface area (Å²) in [6, 6.07) is 44.7. The smallest absolute Gasteiger partial charge is 0.337 e. The third kappa shape index (κ3) is 8.44. The summed E-state index contributed by atoms with van der Waals surface area (Å²) in [5.74, 6) is 0.562. The van der Waals surface area contributed by atoms with Gasteiger partial charge in [-0.2, -0.15) is 5.26 Å². The Morgan fingerprint density at radius 2 is 1.30 bits per heavy atom. The number of nitrogens with zero attached hydrogens (tertiary/aromatic N) is 2. The Morgan fingerprint density at radius 1 is 0.682 bits per heavy atom. The van der Waals surface area contributed by atoms with Gasteiger partial charge >= 0.3 is 5.97 Å². The maximum Gasteiger partial charge on any atom is 0.337 e. The van der Waals surface area contributed by atoms with E-state index < -0.39 is 0 Å². The summed E-state index contributed by atoms with van der Waals surface area (Å²) >= 11 is 0. The Kier molecular flexibility index (Phi) is 10.6. The van der Waals surface area contributed by atoms with Crippen molar-refractivity contribution < 1.29 is 14.3 Å². The maximum absolute atomic E-state index is 11.9. The second kappa shape index (κ2) is 15.3. The Hall–Kier alpha value is -5.18. The summed E-state index contributed by atoms with van der Waals surface area (Å²) in [4.78, 5) is 14.3. The van der Waals surface area contributed by atoms with Crippen LogP contribution < -0.4 is 4.74 Å². The predicted octanol–water partition coefficient (Wildman–Crippen LogP) is 7.88. The highest BCUT2D eigenvalue weighted by molar-refractivity contribution is 5.89. The molecule has 0 fully saturated rings. The van der Waals surface area contributed by atoms with Gasteiger partial charge in [-0.05, 0) is 76.6 Å². The van der Waals surface area contributed by atoms with Crippen molar-refractivity contribution in [2.24, 2.45) is 0 Å². The van der Waals surface area contributed by atoms with Crippen LogP contribution in [0.2, 0.25) is 0 Å². The van der Waals surface area contributed by atoms with Gasteiger partial charge in [0.1, 0.15) is 12.4 Å². The molecule has 0 aliphatic heterocycles. The fourth-order valence-corrected chi connectivity index (χ4v) is 5.14. The van der Waals surface area contributed by atoms with Crippen LogP contribution >= 0.6 is 0 Å². The molecule has 0 spiro atoms. The first-order valence-electron chi connectivity index (χ1n) is 14.8. The van der Waals surface area contributed by atoms with Crippen molar-refractivity contribution in [2.45, 2.75) is 26.0 Å². The zero-order chi connectivity index (χ0) is 30.6. The average Bonchev–Trinajstić information content (AvgIpc) is 3.09. The van der Waals surface area contributed by atoms with E-state index in [1.807, 2.05) is 66.7 Å². The predicted molar refractivity (Wildman–Crippen MR) is 174 cm³/mol. The molecule has 0 N–H and O–H groups in total. The van der Waals surface area contributed by atoms with Gasteiger partial charge in [0.2, 0.25) is 0 Å². The van der Waals surface area contributed by atoms with Crippen LogP contribution in [-0.4, -0.2) is 31.1 Å². The monoisotopic (exact) mass is 580 g/mol. The molecular formula is C39H36N2O3. The van der Waals surface area contributed by atoms with E-state index in [1.54, 1.807) is 0 Å². The Balaban J connectivity index is 1.24. The summed E-state index contributed by atoms with van der Waals surface area (Å²) in [7, 11) is 1.39. The van der Waals surface area contributed by atoms with Gasteiger partial charge in [-0.1, -0.05) is 97.1 Å². The number of carbonyl (C=O) groups is 1. The minimum Gasteiger partial charge on any atom is -0.489 e. The van der Waals surface area contributed by atoms with Gasteiger partial charge in [0.05, 0.1) is 24.3 Å². The third-order valence-electron chi connectivity index (χ3n) is 7.71. The van der Waals surface area contributed by atoms with E-state index in [1.165, 1.54) is 23.8 Å². The van der Waals surface area contributed by atoms with Crippen LogP contribution in [0.1, 0.15) is 38.2 Å². The standard InChI is InChI=1S/C39H36N2O3/c1-43-39(42)37-21-15-32(16-22-37)28-41(25-23-30-11-13-31(27-40)14-12-30)26-24-36-9-5-6-10-38(36)44-29-33-17-19-35(20-18-33)34-7-3-2-4-8-34/h2-22H,23-26,28-29H2,1H3. The normalized spacial score (nSPS) is 10.8. The lowest BCUT2D eigenvalue weighted by Gasteiger charge is -2.23. The second-order valence-electron chi connectivity index (χ2n) is 10.7. The number of methoxy groups -OCH3 is 1. The zero-order valence-electron chi connectivity index (χ0n) is 25.0. The zero-order valence-corrected chi connectivity index (χ0v) is 25.0. The number of hydrogen-bond acceptors (Lipinski definition) is 5. The van der Waals surface area contributed by atoms with E-state index in [0.717, 1.165) is 54.9 Å². The molecule has 0 saturated heterocycles. The lowest BCUT2D eigenvalue weighted by Crippen LogP contribution is -2.28. The van der Waals surface area contributed by atoms with Crippen molar-refractivity contribution in [1.82, 2.24) is 4.90 Å². The number of ether oxygens (including phenoxy) is 2. The molecule has 0 aliphatic rings. The SMILES string of the molecule is COC(=O)c1ccc(CN(CCc2ccc(C#N)cc2)CCc2ccccc2OCc2ccc(-c3ccccc3)cc2)cc1.